The minimum Gasteiger partial charge on any atom is -0.459 e. The number of ether oxygens (including phenoxy) is 1. The van der Waals surface area contributed by atoms with Gasteiger partial charge in [-0.15, -0.1) is 0 Å². The van der Waals surface area contributed by atoms with Gasteiger partial charge in [0.25, 0.3) is 0 Å². The zero-order chi connectivity index (χ0) is 15.9. The van der Waals surface area contributed by atoms with Gasteiger partial charge in [0, 0.05) is 43.3 Å². The molecule has 0 spiro atoms. The van der Waals surface area contributed by atoms with E-state index in [2.05, 4.69) is 0 Å². The number of aryl methyl sites for hydroxylation is 1. The van der Waals surface area contributed by atoms with E-state index in [1.165, 1.54) is 0 Å². The van der Waals surface area contributed by atoms with Crippen molar-refractivity contribution in [3.05, 3.63) is 22.4 Å². The summed E-state index contributed by atoms with van der Waals surface area (Å²) in [7, 11) is 1.70. The van der Waals surface area contributed by atoms with E-state index < -0.39 is 0 Å². The summed E-state index contributed by atoms with van der Waals surface area (Å²) in [5.41, 5.74) is 2.20. The number of methoxy groups -OCH3 is 1. The standard InChI is InChI=1S/C15H21NO4S2/c1-11-10-19-15-12(21)9-13(20-14(11)15)16(3-5-17)4-7-22-8-6-18-2/h9-10,17H,3-8H2,1-2H3. The highest BCUT2D eigenvalue weighted by Crippen LogP contribution is 2.27. The van der Waals surface area contributed by atoms with E-state index in [1.807, 2.05) is 11.8 Å². The quantitative estimate of drug-likeness (QED) is 0.554. The van der Waals surface area contributed by atoms with Crippen LogP contribution in [0.5, 0.6) is 0 Å². The third-order valence-electron chi connectivity index (χ3n) is 3.22. The lowest BCUT2D eigenvalue weighted by Gasteiger charge is -2.22. The maximum absolute atomic E-state index is 9.28. The lowest BCUT2D eigenvalue weighted by atomic mass is 10.3. The first-order chi connectivity index (χ1) is 10.7. The number of nitrogens with zero attached hydrogens (tertiary/aromatic N) is 1. The molecule has 122 valence electrons. The first kappa shape index (κ1) is 17.3. The van der Waals surface area contributed by atoms with Crippen LogP contribution in [0.3, 0.4) is 0 Å². The molecule has 0 aromatic carbocycles. The highest BCUT2D eigenvalue weighted by molar-refractivity contribution is 7.99. The van der Waals surface area contributed by atoms with E-state index in [0.29, 0.717) is 28.1 Å². The van der Waals surface area contributed by atoms with Gasteiger partial charge in [0.2, 0.25) is 0 Å². The van der Waals surface area contributed by atoms with Gasteiger partial charge in [-0.2, -0.15) is 11.8 Å². The second kappa shape index (κ2) is 8.57. The highest BCUT2D eigenvalue weighted by atomic mass is 32.2. The third-order valence-corrected chi connectivity index (χ3v) is 4.45. The highest BCUT2D eigenvalue weighted by Gasteiger charge is 2.13. The second-order valence-corrected chi connectivity index (χ2v) is 6.51. The molecule has 0 fully saturated rings. The Morgan fingerprint density at radius 3 is 2.86 bits per heavy atom. The first-order valence-electron chi connectivity index (χ1n) is 7.11. The molecule has 0 saturated carbocycles. The van der Waals surface area contributed by atoms with Crippen LogP contribution in [0.15, 0.2) is 21.2 Å². The van der Waals surface area contributed by atoms with Crippen LogP contribution in [-0.2, 0) is 4.74 Å². The van der Waals surface area contributed by atoms with Gasteiger partial charge < -0.3 is 23.6 Å². The van der Waals surface area contributed by atoms with Gasteiger partial charge in [0.1, 0.15) is 0 Å². The number of hydrogen-bond acceptors (Lipinski definition) is 7. The van der Waals surface area contributed by atoms with Crippen molar-refractivity contribution in [3.63, 3.8) is 0 Å². The maximum Gasteiger partial charge on any atom is 0.197 e. The minimum absolute atomic E-state index is 0.0629. The van der Waals surface area contributed by atoms with Crippen LogP contribution in [-0.4, -0.2) is 50.0 Å². The van der Waals surface area contributed by atoms with Gasteiger partial charge in [0.05, 0.1) is 24.0 Å². The number of thioether (sulfide) groups is 1. The number of rotatable bonds is 9. The topological polar surface area (TPSA) is 59.0 Å². The zero-order valence-corrected chi connectivity index (χ0v) is 14.5. The summed E-state index contributed by atoms with van der Waals surface area (Å²) >= 11 is 7.17. The van der Waals surface area contributed by atoms with Crippen molar-refractivity contribution >= 4 is 41.0 Å². The van der Waals surface area contributed by atoms with Gasteiger partial charge in [-0.25, -0.2) is 0 Å². The summed E-state index contributed by atoms with van der Waals surface area (Å²) in [6.45, 7) is 4.00. The molecule has 0 atom stereocenters. The fraction of sp³-hybridized carbons (Fsp3) is 0.533. The molecule has 0 bridgehead atoms. The van der Waals surface area contributed by atoms with Gasteiger partial charge in [-0.1, -0.05) is 12.2 Å². The monoisotopic (exact) mass is 343 g/mol. The SMILES string of the molecule is COCCSCCN(CCO)c1cc(=S)c2occ(C)c2o1. The van der Waals surface area contributed by atoms with Crippen molar-refractivity contribution in [2.45, 2.75) is 6.92 Å². The molecule has 0 aliphatic heterocycles. The summed E-state index contributed by atoms with van der Waals surface area (Å²) in [6, 6.07) is 1.79. The molecule has 0 amide bonds. The Balaban J connectivity index is 2.13. The molecule has 2 aromatic rings. The molecule has 22 heavy (non-hydrogen) atoms. The molecule has 0 unspecified atom stereocenters. The molecule has 0 radical (unpaired) electrons. The van der Waals surface area contributed by atoms with Crippen LogP contribution in [0.2, 0.25) is 0 Å². The van der Waals surface area contributed by atoms with Crippen molar-refractivity contribution in [3.8, 4) is 0 Å². The van der Waals surface area contributed by atoms with Crippen LogP contribution in [0.1, 0.15) is 5.56 Å². The van der Waals surface area contributed by atoms with Crippen LogP contribution in [0.4, 0.5) is 5.88 Å². The van der Waals surface area contributed by atoms with Gasteiger partial charge in [-0.3, -0.25) is 0 Å². The van der Waals surface area contributed by atoms with E-state index in [1.54, 1.807) is 31.2 Å². The molecule has 0 aliphatic carbocycles. The fourth-order valence-electron chi connectivity index (χ4n) is 2.07. The molecule has 7 heteroatoms. The Hall–Kier alpha value is -1.02. The van der Waals surface area contributed by atoms with Crippen LogP contribution < -0.4 is 4.90 Å². The Bertz CT molecular complexity index is 653. The summed E-state index contributed by atoms with van der Waals surface area (Å²) in [4.78, 5) is 2.00. The minimum atomic E-state index is 0.0629. The Morgan fingerprint density at radius 2 is 2.14 bits per heavy atom. The van der Waals surface area contributed by atoms with Crippen molar-refractivity contribution in [2.24, 2.45) is 0 Å². The Labute approximate surface area is 139 Å². The van der Waals surface area contributed by atoms with Crippen LogP contribution in [0, 0.1) is 11.4 Å². The average molecular weight is 343 g/mol. The fourth-order valence-corrected chi connectivity index (χ4v) is 3.15. The second-order valence-electron chi connectivity index (χ2n) is 4.84. The molecule has 1 N–H and O–H groups in total. The molecule has 0 saturated heterocycles. The summed E-state index contributed by atoms with van der Waals surface area (Å²) < 4.78 is 17.0. The molecule has 2 aromatic heterocycles. The molecule has 0 aliphatic rings. The normalized spacial score (nSPS) is 11.2. The number of anilines is 1. The number of aliphatic hydroxyl groups excluding tert-OH is 1. The van der Waals surface area contributed by atoms with Gasteiger partial charge >= 0.3 is 0 Å². The van der Waals surface area contributed by atoms with Crippen LogP contribution in [0.25, 0.3) is 11.2 Å². The first-order valence-corrected chi connectivity index (χ1v) is 8.68. The van der Waals surface area contributed by atoms with E-state index in [-0.39, 0.29) is 6.61 Å². The number of aliphatic hydroxyl groups is 1. The predicted molar refractivity (Wildman–Crippen MR) is 92.6 cm³/mol. The molecule has 5 nitrogen and oxygen atoms in total. The number of hydrogen-bond donors (Lipinski definition) is 1. The summed E-state index contributed by atoms with van der Waals surface area (Å²) in [5, 5.41) is 9.28. The van der Waals surface area contributed by atoms with Gasteiger partial charge in [-0.05, 0) is 6.92 Å². The molecule has 2 rings (SSSR count). The smallest absolute Gasteiger partial charge is 0.197 e. The van der Waals surface area contributed by atoms with Crippen molar-refractivity contribution in [1.29, 1.82) is 0 Å². The molecule has 2 heterocycles. The van der Waals surface area contributed by atoms with Crippen LogP contribution >= 0.6 is 24.0 Å². The summed E-state index contributed by atoms with van der Waals surface area (Å²) in [5.74, 6) is 2.55. The van der Waals surface area contributed by atoms with E-state index in [9.17, 15) is 5.11 Å². The van der Waals surface area contributed by atoms with E-state index in [0.717, 1.165) is 30.2 Å². The zero-order valence-electron chi connectivity index (χ0n) is 12.8. The number of fused-ring (bicyclic) bond motifs is 1. The summed E-state index contributed by atoms with van der Waals surface area (Å²) in [6.07, 6.45) is 1.64. The van der Waals surface area contributed by atoms with E-state index in [4.69, 9.17) is 25.8 Å². The molecular weight excluding hydrogens is 322 g/mol. The van der Waals surface area contributed by atoms with Crippen molar-refractivity contribution in [2.75, 3.05) is 49.8 Å². The Morgan fingerprint density at radius 1 is 1.32 bits per heavy atom. The Kier molecular flexibility index (Phi) is 6.75. The predicted octanol–water partition coefficient (Wildman–Crippen LogP) is 3.24. The molecular formula is C15H21NO4S2. The lowest BCUT2D eigenvalue weighted by molar-refractivity contribution is 0.218. The average Bonchev–Trinajstić information content (AvgIpc) is 2.88. The maximum atomic E-state index is 9.28. The lowest BCUT2D eigenvalue weighted by Crippen LogP contribution is -2.29. The van der Waals surface area contributed by atoms with Crippen molar-refractivity contribution in [1.82, 2.24) is 0 Å². The number of furan rings is 1. The van der Waals surface area contributed by atoms with Crippen molar-refractivity contribution < 1.29 is 18.7 Å². The van der Waals surface area contributed by atoms with E-state index >= 15 is 0 Å². The van der Waals surface area contributed by atoms with Gasteiger partial charge in [0.15, 0.2) is 17.1 Å². The largest absolute Gasteiger partial charge is 0.459 e. The third kappa shape index (κ3) is 4.25.